The van der Waals surface area contributed by atoms with Crippen molar-refractivity contribution in [1.29, 1.82) is 0 Å². The number of aliphatic hydroxyl groups excluding tert-OH is 1. The van der Waals surface area contributed by atoms with Crippen molar-refractivity contribution in [2.45, 2.75) is 19.4 Å². The monoisotopic (exact) mass is 178 g/mol. The van der Waals surface area contributed by atoms with Crippen LogP contribution >= 0.6 is 0 Å². The third kappa shape index (κ3) is 1.22. The maximum Gasteiger partial charge on any atom is 0.135 e. The normalized spacial score (nSPS) is 36.4. The molecule has 2 nitrogen and oxygen atoms in total. The summed E-state index contributed by atoms with van der Waals surface area (Å²) < 4.78 is 5.74. The molecule has 2 unspecified atom stereocenters. The van der Waals surface area contributed by atoms with Crippen LogP contribution in [0.2, 0.25) is 0 Å². The minimum absolute atomic E-state index is 0.0509. The van der Waals surface area contributed by atoms with E-state index >= 15 is 0 Å². The quantitative estimate of drug-likeness (QED) is 0.663. The first-order chi connectivity index (χ1) is 6.15. The van der Waals surface area contributed by atoms with Gasteiger partial charge in [-0.3, -0.25) is 0 Å². The number of ether oxygens (including phenoxy) is 1. The van der Waals surface area contributed by atoms with Crippen LogP contribution in [0.15, 0.2) is 35.6 Å². The molecule has 0 bridgehead atoms. The molecule has 0 saturated heterocycles. The van der Waals surface area contributed by atoms with Crippen molar-refractivity contribution in [1.82, 2.24) is 0 Å². The van der Waals surface area contributed by atoms with Crippen LogP contribution in [0.4, 0.5) is 0 Å². The van der Waals surface area contributed by atoms with Gasteiger partial charge in [0, 0.05) is 11.5 Å². The van der Waals surface area contributed by atoms with Crippen molar-refractivity contribution in [2.24, 2.45) is 5.92 Å². The Labute approximate surface area is 78.2 Å². The van der Waals surface area contributed by atoms with Gasteiger partial charge in [0.15, 0.2) is 0 Å². The molecule has 1 aliphatic carbocycles. The topological polar surface area (TPSA) is 29.5 Å². The van der Waals surface area contributed by atoms with Gasteiger partial charge in [0.25, 0.3) is 0 Å². The van der Waals surface area contributed by atoms with Gasteiger partial charge in [-0.1, -0.05) is 25.2 Å². The Kier molecular flexibility index (Phi) is 1.81. The van der Waals surface area contributed by atoms with Gasteiger partial charge >= 0.3 is 0 Å². The fourth-order valence-corrected chi connectivity index (χ4v) is 1.61. The summed E-state index contributed by atoms with van der Waals surface area (Å²) in [6.07, 6.45) is 8.08. The number of fused-ring (bicyclic) bond motifs is 1. The Hall–Kier alpha value is -1.02. The molecule has 0 radical (unpaired) electrons. The van der Waals surface area contributed by atoms with Crippen LogP contribution < -0.4 is 0 Å². The van der Waals surface area contributed by atoms with E-state index in [2.05, 4.69) is 13.0 Å². The Bertz CT molecular complexity index is 312. The third-order valence-corrected chi connectivity index (χ3v) is 2.86. The van der Waals surface area contributed by atoms with Gasteiger partial charge in [-0.2, -0.15) is 0 Å². The maximum absolute atomic E-state index is 9.24. The lowest BCUT2D eigenvalue weighted by atomic mass is 9.87. The molecule has 0 aromatic rings. The second kappa shape index (κ2) is 2.74. The Morgan fingerprint density at radius 3 is 3.08 bits per heavy atom. The molecular formula is C11H14O2. The average Bonchev–Trinajstić information content (AvgIpc) is 2.52. The van der Waals surface area contributed by atoms with Gasteiger partial charge in [-0.25, -0.2) is 0 Å². The van der Waals surface area contributed by atoms with Crippen LogP contribution in [-0.2, 0) is 4.74 Å². The zero-order chi connectivity index (χ0) is 9.47. The first-order valence-electron chi connectivity index (χ1n) is 4.56. The molecule has 13 heavy (non-hydrogen) atoms. The van der Waals surface area contributed by atoms with Crippen molar-refractivity contribution in [3.05, 3.63) is 35.6 Å². The van der Waals surface area contributed by atoms with Gasteiger partial charge in [-0.05, 0) is 13.0 Å². The van der Waals surface area contributed by atoms with E-state index in [0.717, 1.165) is 11.3 Å². The van der Waals surface area contributed by atoms with Gasteiger partial charge in [-0.15, -0.1) is 0 Å². The number of aliphatic hydroxyl groups is 1. The van der Waals surface area contributed by atoms with E-state index in [1.807, 2.05) is 25.2 Å². The second-order valence-corrected chi connectivity index (χ2v) is 3.87. The summed E-state index contributed by atoms with van der Waals surface area (Å²) in [6, 6.07) is 0. The number of hydrogen-bond donors (Lipinski definition) is 1. The predicted octanol–water partition coefficient (Wildman–Crippen LogP) is 1.78. The SMILES string of the molecule is CC1C=C2C=CC=C2OC1(C)CO. The van der Waals surface area contributed by atoms with Crippen molar-refractivity contribution in [2.75, 3.05) is 6.61 Å². The first-order valence-corrected chi connectivity index (χ1v) is 4.56. The summed E-state index contributed by atoms with van der Waals surface area (Å²) >= 11 is 0. The Morgan fingerprint density at radius 1 is 1.62 bits per heavy atom. The number of allylic oxidation sites excluding steroid dienone is 3. The lowest BCUT2D eigenvalue weighted by molar-refractivity contribution is -0.0561. The highest BCUT2D eigenvalue weighted by molar-refractivity contribution is 5.47. The molecule has 70 valence electrons. The summed E-state index contributed by atoms with van der Waals surface area (Å²) in [5.74, 6) is 1.13. The highest BCUT2D eigenvalue weighted by Gasteiger charge is 2.36. The molecule has 2 aliphatic rings. The van der Waals surface area contributed by atoms with E-state index in [9.17, 15) is 5.11 Å². The second-order valence-electron chi connectivity index (χ2n) is 3.87. The highest BCUT2D eigenvalue weighted by Crippen LogP contribution is 2.36. The summed E-state index contributed by atoms with van der Waals surface area (Å²) in [4.78, 5) is 0. The molecule has 1 aliphatic heterocycles. The molecule has 1 heterocycles. The largest absolute Gasteiger partial charge is 0.484 e. The zero-order valence-corrected chi connectivity index (χ0v) is 7.95. The van der Waals surface area contributed by atoms with Crippen LogP contribution in [0.3, 0.4) is 0 Å². The maximum atomic E-state index is 9.24. The fourth-order valence-electron chi connectivity index (χ4n) is 1.61. The van der Waals surface area contributed by atoms with Crippen LogP contribution in [0.5, 0.6) is 0 Å². The highest BCUT2D eigenvalue weighted by atomic mass is 16.5. The Balaban J connectivity index is 2.35. The van der Waals surface area contributed by atoms with E-state index in [-0.39, 0.29) is 12.5 Å². The van der Waals surface area contributed by atoms with E-state index in [0.29, 0.717) is 0 Å². The number of rotatable bonds is 1. The van der Waals surface area contributed by atoms with Crippen LogP contribution in [0.25, 0.3) is 0 Å². The number of hydrogen-bond acceptors (Lipinski definition) is 2. The van der Waals surface area contributed by atoms with Gasteiger partial charge in [0.1, 0.15) is 11.4 Å². The van der Waals surface area contributed by atoms with Gasteiger partial charge < -0.3 is 9.84 Å². The molecule has 0 aromatic heterocycles. The van der Waals surface area contributed by atoms with E-state index in [1.165, 1.54) is 0 Å². The van der Waals surface area contributed by atoms with Crippen LogP contribution in [0.1, 0.15) is 13.8 Å². The lowest BCUT2D eigenvalue weighted by Crippen LogP contribution is -2.41. The van der Waals surface area contributed by atoms with E-state index in [4.69, 9.17) is 4.74 Å². The summed E-state index contributed by atoms with van der Waals surface area (Å²) in [7, 11) is 0. The molecule has 0 saturated carbocycles. The molecule has 1 N–H and O–H groups in total. The fraction of sp³-hybridized carbons (Fsp3) is 0.455. The van der Waals surface area contributed by atoms with Crippen LogP contribution in [0, 0.1) is 5.92 Å². The molecule has 2 heteroatoms. The molecule has 0 aromatic carbocycles. The van der Waals surface area contributed by atoms with Crippen LogP contribution in [-0.4, -0.2) is 17.3 Å². The standard InChI is InChI=1S/C11H14O2/c1-8-6-9-4-3-5-10(9)13-11(8,2)7-12/h3-6,8,12H,7H2,1-2H3. The smallest absolute Gasteiger partial charge is 0.135 e. The molecule has 0 fully saturated rings. The first kappa shape index (κ1) is 8.57. The third-order valence-electron chi connectivity index (χ3n) is 2.86. The van der Waals surface area contributed by atoms with Crippen molar-refractivity contribution in [3.8, 4) is 0 Å². The van der Waals surface area contributed by atoms with Crippen molar-refractivity contribution >= 4 is 0 Å². The van der Waals surface area contributed by atoms with Crippen molar-refractivity contribution in [3.63, 3.8) is 0 Å². The summed E-state index contributed by atoms with van der Waals surface area (Å²) in [6.45, 7) is 4.05. The molecule has 0 amide bonds. The minimum atomic E-state index is -0.457. The Morgan fingerprint density at radius 2 is 2.38 bits per heavy atom. The lowest BCUT2D eigenvalue weighted by Gasteiger charge is -2.37. The van der Waals surface area contributed by atoms with Crippen molar-refractivity contribution < 1.29 is 9.84 Å². The summed E-state index contributed by atoms with van der Waals surface area (Å²) in [5.41, 5.74) is 0.680. The minimum Gasteiger partial charge on any atom is -0.484 e. The summed E-state index contributed by atoms with van der Waals surface area (Å²) in [5, 5.41) is 9.24. The van der Waals surface area contributed by atoms with Gasteiger partial charge in [0.2, 0.25) is 0 Å². The average molecular weight is 178 g/mol. The zero-order valence-electron chi connectivity index (χ0n) is 7.95. The van der Waals surface area contributed by atoms with E-state index in [1.54, 1.807) is 0 Å². The van der Waals surface area contributed by atoms with E-state index < -0.39 is 5.60 Å². The molecular weight excluding hydrogens is 164 g/mol. The molecule has 2 rings (SSSR count). The molecule has 0 spiro atoms. The molecule has 2 atom stereocenters. The predicted molar refractivity (Wildman–Crippen MR) is 51.0 cm³/mol. The van der Waals surface area contributed by atoms with Gasteiger partial charge in [0.05, 0.1) is 6.61 Å².